The molecule has 1 amide bonds. The standard InChI is InChI=1S/C18H14FN5O/c1-24-16(12-7-3-2-4-8-12)22-23-17(24)13(11-20)18(25)21-15-10-6-5-9-14(15)19/h2-10,13H,1H3,(H,21,25). The van der Waals surface area contributed by atoms with E-state index in [1.165, 1.54) is 18.2 Å². The lowest BCUT2D eigenvalue weighted by Crippen LogP contribution is -2.23. The highest BCUT2D eigenvalue weighted by molar-refractivity contribution is 5.97. The predicted molar refractivity (Wildman–Crippen MR) is 89.8 cm³/mol. The van der Waals surface area contributed by atoms with E-state index in [4.69, 9.17) is 0 Å². The molecule has 6 nitrogen and oxygen atoms in total. The first-order valence-corrected chi connectivity index (χ1v) is 7.51. The van der Waals surface area contributed by atoms with Gasteiger partial charge in [-0.3, -0.25) is 4.79 Å². The molecule has 0 radical (unpaired) electrons. The van der Waals surface area contributed by atoms with Crippen LogP contribution in [0.25, 0.3) is 11.4 Å². The predicted octanol–water partition coefficient (Wildman–Crippen LogP) is 2.87. The van der Waals surface area contributed by atoms with Crippen LogP contribution >= 0.6 is 0 Å². The second kappa shape index (κ2) is 6.93. The molecule has 0 saturated carbocycles. The fraction of sp³-hybridized carbons (Fsp3) is 0.111. The smallest absolute Gasteiger partial charge is 0.249 e. The molecule has 124 valence electrons. The molecule has 0 aliphatic rings. The van der Waals surface area contributed by atoms with E-state index in [1.807, 2.05) is 36.4 Å². The minimum Gasteiger partial charge on any atom is -0.322 e. The highest BCUT2D eigenvalue weighted by Crippen LogP contribution is 2.22. The van der Waals surface area contributed by atoms with Crippen molar-refractivity contribution in [3.8, 4) is 17.5 Å². The SMILES string of the molecule is Cn1c(-c2ccccc2)nnc1C(C#N)C(=O)Nc1ccccc1F. The number of carbonyl (C=O) groups is 1. The Morgan fingerprint density at radius 1 is 1.16 bits per heavy atom. The van der Waals surface area contributed by atoms with Crippen LogP contribution in [0.15, 0.2) is 54.6 Å². The van der Waals surface area contributed by atoms with Gasteiger partial charge in [-0.25, -0.2) is 4.39 Å². The van der Waals surface area contributed by atoms with Crippen molar-refractivity contribution in [2.45, 2.75) is 5.92 Å². The molecule has 7 heteroatoms. The minimum absolute atomic E-state index is 0.0122. The van der Waals surface area contributed by atoms with Crippen molar-refractivity contribution >= 4 is 11.6 Å². The number of benzene rings is 2. The van der Waals surface area contributed by atoms with E-state index < -0.39 is 17.6 Å². The number of aromatic nitrogens is 3. The van der Waals surface area contributed by atoms with Crippen molar-refractivity contribution in [2.24, 2.45) is 7.05 Å². The van der Waals surface area contributed by atoms with E-state index in [0.717, 1.165) is 5.56 Å². The maximum absolute atomic E-state index is 13.7. The Bertz CT molecular complexity index is 946. The summed E-state index contributed by atoms with van der Waals surface area (Å²) in [5, 5.41) is 19.9. The normalized spacial score (nSPS) is 11.6. The third-order valence-electron chi connectivity index (χ3n) is 3.72. The molecule has 1 heterocycles. The molecule has 1 aromatic heterocycles. The van der Waals surface area contributed by atoms with Crippen molar-refractivity contribution in [2.75, 3.05) is 5.32 Å². The number of carbonyl (C=O) groups excluding carboxylic acids is 1. The number of nitrogens with one attached hydrogen (secondary N) is 1. The Morgan fingerprint density at radius 3 is 2.52 bits per heavy atom. The average molecular weight is 335 g/mol. The second-order valence-electron chi connectivity index (χ2n) is 5.34. The molecule has 0 aliphatic carbocycles. The maximum atomic E-state index is 13.7. The Labute approximate surface area is 143 Å². The summed E-state index contributed by atoms with van der Waals surface area (Å²) in [6.45, 7) is 0. The van der Waals surface area contributed by atoms with E-state index in [0.29, 0.717) is 5.82 Å². The number of hydrogen-bond acceptors (Lipinski definition) is 4. The van der Waals surface area contributed by atoms with Crippen LogP contribution in [0.3, 0.4) is 0 Å². The number of amides is 1. The summed E-state index contributed by atoms with van der Waals surface area (Å²) in [6.07, 6.45) is 0. The van der Waals surface area contributed by atoms with Crippen molar-refractivity contribution in [1.82, 2.24) is 14.8 Å². The molecule has 25 heavy (non-hydrogen) atoms. The average Bonchev–Trinajstić information content (AvgIpc) is 3.00. The maximum Gasteiger partial charge on any atom is 0.249 e. The lowest BCUT2D eigenvalue weighted by Gasteiger charge is -2.11. The van der Waals surface area contributed by atoms with Crippen molar-refractivity contribution in [1.29, 1.82) is 5.26 Å². The van der Waals surface area contributed by atoms with Gasteiger partial charge in [0.2, 0.25) is 5.91 Å². The minimum atomic E-state index is -1.21. The number of nitrogens with zero attached hydrogens (tertiary/aromatic N) is 4. The van der Waals surface area contributed by atoms with Crippen LogP contribution in [-0.4, -0.2) is 20.7 Å². The monoisotopic (exact) mass is 335 g/mol. The zero-order valence-corrected chi connectivity index (χ0v) is 13.3. The molecule has 3 rings (SSSR count). The topological polar surface area (TPSA) is 83.6 Å². The van der Waals surface area contributed by atoms with E-state index in [-0.39, 0.29) is 11.5 Å². The van der Waals surface area contributed by atoms with Gasteiger partial charge in [-0.15, -0.1) is 10.2 Å². The molecule has 0 bridgehead atoms. The first-order valence-electron chi connectivity index (χ1n) is 7.51. The largest absolute Gasteiger partial charge is 0.322 e. The molecule has 0 spiro atoms. The number of hydrogen-bond donors (Lipinski definition) is 1. The molecule has 0 saturated heterocycles. The molecular weight excluding hydrogens is 321 g/mol. The van der Waals surface area contributed by atoms with Gasteiger partial charge >= 0.3 is 0 Å². The van der Waals surface area contributed by atoms with Crippen LogP contribution in [0.2, 0.25) is 0 Å². The van der Waals surface area contributed by atoms with Gasteiger partial charge in [-0.05, 0) is 12.1 Å². The zero-order valence-electron chi connectivity index (χ0n) is 13.3. The highest BCUT2D eigenvalue weighted by atomic mass is 19.1. The van der Waals surface area contributed by atoms with Crippen molar-refractivity contribution in [3.05, 3.63) is 66.2 Å². The summed E-state index contributed by atoms with van der Waals surface area (Å²) < 4.78 is 15.3. The first kappa shape index (κ1) is 16.3. The lowest BCUT2D eigenvalue weighted by molar-refractivity contribution is -0.116. The van der Waals surface area contributed by atoms with E-state index in [2.05, 4.69) is 15.5 Å². The Balaban J connectivity index is 1.89. The molecule has 0 fully saturated rings. The van der Waals surface area contributed by atoms with Gasteiger partial charge < -0.3 is 9.88 Å². The fourth-order valence-corrected chi connectivity index (χ4v) is 2.43. The van der Waals surface area contributed by atoms with E-state index >= 15 is 0 Å². The quantitative estimate of drug-likeness (QED) is 0.794. The molecule has 1 unspecified atom stereocenters. The molecule has 0 aliphatic heterocycles. The van der Waals surface area contributed by atoms with Crippen LogP contribution in [-0.2, 0) is 11.8 Å². The molecule has 2 aromatic carbocycles. The van der Waals surface area contributed by atoms with Crippen molar-refractivity contribution < 1.29 is 9.18 Å². The summed E-state index contributed by atoms with van der Waals surface area (Å²) in [6, 6.07) is 17.0. The Hall–Kier alpha value is -3.53. The van der Waals surface area contributed by atoms with Gasteiger partial charge in [0.25, 0.3) is 0 Å². The van der Waals surface area contributed by atoms with Gasteiger partial charge in [0.15, 0.2) is 17.6 Å². The molecule has 1 N–H and O–H groups in total. The van der Waals surface area contributed by atoms with Gasteiger partial charge in [-0.2, -0.15) is 5.26 Å². The molecule has 3 aromatic rings. The first-order chi connectivity index (χ1) is 12.1. The number of halogens is 1. The summed E-state index contributed by atoms with van der Waals surface area (Å²) in [5.41, 5.74) is 0.827. The molecule has 1 atom stereocenters. The van der Waals surface area contributed by atoms with Crippen LogP contribution in [0.4, 0.5) is 10.1 Å². The number of anilines is 1. The fourth-order valence-electron chi connectivity index (χ4n) is 2.43. The summed E-state index contributed by atoms with van der Waals surface area (Å²) in [4.78, 5) is 12.4. The lowest BCUT2D eigenvalue weighted by atomic mass is 10.1. The van der Waals surface area contributed by atoms with Gasteiger partial charge in [-0.1, -0.05) is 42.5 Å². The highest BCUT2D eigenvalue weighted by Gasteiger charge is 2.27. The zero-order chi connectivity index (χ0) is 17.8. The van der Waals surface area contributed by atoms with Crippen LogP contribution in [0.1, 0.15) is 11.7 Å². The third-order valence-corrected chi connectivity index (χ3v) is 3.72. The van der Waals surface area contributed by atoms with Gasteiger partial charge in [0.1, 0.15) is 5.82 Å². The van der Waals surface area contributed by atoms with Crippen LogP contribution in [0, 0.1) is 17.1 Å². The van der Waals surface area contributed by atoms with Gasteiger partial charge in [0.05, 0.1) is 11.8 Å². The second-order valence-corrected chi connectivity index (χ2v) is 5.34. The summed E-state index contributed by atoms with van der Waals surface area (Å²) in [7, 11) is 1.68. The third kappa shape index (κ3) is 3.23. The van der Waals surface area contributed by atoms with E-state index in [9.17, 15) is 14.4 Å². The summed E-state index contributed by atoms with van der Waals surface area (Å²) in [5.74, 6) is -1.72. The Kier molecular flexibility index (Phi) is 4.53. The summed E-state index contributed by atoms with van der Waals surface area (Å²) >= 11 is 0. The number of rotatable bonds is 4. The van der Waals surface area contributed by atoms with Crippen LogP contribution < -0.4 is 5.32 Å². The van der Waals surface area contributed by atoms with Crippen molar-refractivity contribution in [3.63, 3.8) is 0 Å². The Morgan fingerprint density at radius 2 is 1.84 bits per heavy atom. The number of para-hydroxylation sites is 1. The van der Waals surface area contributed by atoms with Gasteiger partial charge in [0, 0.05) is 12.6 Å². The van der Waals surface area contributed by atoms with Crippen LogP contribution in [0.5, 0.6) is 0 Å². The molecular formula is C18H14FN5O. The van der Waals surface area contributed by atoms with E-state index in [1.54, 1.807) is 17.7 Å². The number of nitriles is 1.